The maximum atomic E-state index is 10.4. The van der Waals surface area contributed by atoms with Gasteiger partial charge in [0.25, 0.3) is 0 Å². The Balaban J connectivity index is -0.0000000847. The van der Waals surface area contributed by atoms with Gasteiger partial charge in [0.2, 0.25) is 11.8 Å². The van der Waals surface area contributed by atoms with Crippen LogP contribution in [0, 0.1) is 0 Å². The monoisotopic (exact) mass is 360 g/mol. The quantitative estimate of drug-likeness (QED) is 0.270. The third-order valence-electron chi connectivity index (χ3n) is 1.10. The van der Waals surface area contributed by atoms with E-state index in [-0.39, 0.29) is 59.1 Å². The van der Waals surface area contributed by atoms with E-state index in [1.54, 1.807) is 0 Å². The molecule has 0 fully saturated rings. The molecule has 24 heavy (non-hydrogen) atoms. The van der Waals surface area contributed by atoms with Crippen molar-refractivity contribution in [3.05, 3.63) is 50.6 Å². The van der Waals surface area contributed by atoms with E-state index in [1.165, 1.54) is 0 Å². The number of hydrogen-bond donors (Lipinski definition) is 2. The molecule has 0 aliphatic heterocycles. The van der Waals surface area contributed by atoms with E-state index in [4.69, 9.17) is 0 Å². The molecule has 0 aromatic carbocycles. The van der Waals surface area contributed by atoms with Crippen LogP contribution in [0.1, 0.15) is 0 Å². The van der Waals surface area contributed by atoms with Crippen LogP contribution in [-0.4, -0.2) is 89.0 Å². The van der Waals surface area contributed by atoms with Gasteiger partial charge in [0, 0.05) is 12.2 Å². The van der Waals surface area contributed by atoms with E-state index in [0.29, 0.717) is 0 Å². The number of carbonyl (C=O) groups is 5. The normalized spacial score (nSPS) is 6.67. The van der Waals surface area contributed by atoms with Gasteiger partial charge in [-0.25, -0.2) is 14.4 Å². The summed E-state index contributed by atoms with van der Waals surface area (Å²) in [5, 5.41) is 0. The molecule has 11 heteroatoms. The average Bonchev–Trinajstić information content (AvgIpc) is 2.47. The van der Waals surface area contributed by atoms with Crippen LogP contribution >= 0.6 is 0 Å². The van der Waals surface area contributed by atoms with Crippen LogP contribution in [0.5, 0.6) is 0 Å². The molecule has 0 aliphatic rings. The Morgan fingerprint density at radius 1 is 0.625 bits per heavy atom. The Bertz CT molecular complexity index is 449. The van der Waals surface area contributed by atoms with E-state index in [1.807, 2.05) is 0 Å². The Morgan fingerprint density at radius 2 is 0.833 bits per heavy atom. The number of ether oxygens (including phenoxy) is 2. The fraction of sp³-hybridized carbons (Fsp3) is 0. The molecule has 0 saturated heterocycles. The van der Waals surface area contributed by atoms with E-state index < -0.39 is 29.9 Å². The molecule has 0 radical (unpaired) electrons. The van der Waals surface area contributed by atoms with Crippen molar-refractivity contribution in [1.82, 2.24) is 0 Å². The first-order valence-corrected chi connectivity index (χ1v) is 5.20. The van der Waals surface area contributed by atoms with E-state index >= 15 is 0 Å². The molecule has 0 aromatic rings. The molecule has 0 aliphatic carbocycles. The summed E-state index contributed by atoms with van der Waals surface area (Å²) in [6, 6.07) is 0. The molecule has 0 bridgehead atoms. The van der Waals surface area contributed by atoms with Crippen LogP contribution in [0.4, 0.5) is 4.79 Å². The van der Waals surface area contributed by atoms with E-state index in [2.05, 4.69) is 47.3 Å². The zero-order valence-corrected chi connectivity index (χ0v) is 11.7. The molecule has 0 aromatic heterocycles. The fourth-order valence-electron chi connectivity index (χ4n) is 0.268. The summed E-state index contributed by atoms with van der Waals surface area (Å²) in [5.41, 5.74) is 9.07. The van der Waals surface area contributed by atoms with Crippen molar-refractivity contribution in [2.75, 3.05) is 0 Å². The summed E-state index contributed by atoms with van der Waals surface area (Å²) in [4.78, 5) is 50.0. The van der Waals surface area contributed by atoms with Crippen LogP contribution in [-0.2, 0) is 28.7 Å². The van der Waals surface area contributed by atoms with Gasteiger partial charge in [-0.1, -0.05) is 26.3 Å². The topological polar surface area (TPSA) is 156 Å². The summed E-state index contributed by atoms with van der Waals surface area (Å²) in [5.74, 6) is -2.94. The van der Waals surface area contributed by atoms with Gasteiger partial charge in [-0.15, -0.1) is 0 Å². The van der Waals surface area contributed by atoms with Crippen molar-refractivity contribution in [3.63, 3.8) is 0 Å². The number of esters is 2. The molecule has 2 amide bonds. The standard InChI is InChI=1S/C7H6O5.2C3H5NO.2Na.2H/c1-3-5(8)11-7(10)12-6(9)4-2;2*1-2-3(4)5;;;;/h3-4H,1-2H2;2*2H,1H2,(H2,4,5);;;;. The minimum absolute atomic E-state index is 0. The average molecular weight is 360 g/mol. The Labute approximate surface area is 183 Å². The number of carbonyl (C=O) groups excluding carboxylic acids is 5. The maximum absolute atomic E-state index is 10.4. The Kier molecular flexibility index (Phi) is 33.6. The first-order valence-electron chi connectivity index (χ1n) is 5.20. The fourth-order valence-corrected chi connectivity index (χ4v) is 0.268. The van der Waals surface area contributed by atoms with Crippen LogP contribution < -0.4 is 11.5 Å². The predicted molar refractivity (Wildman–Crippen MR) is 91.1 cm³/mol. The van der Waals surface area contributed by atoms with E-state index in [0.717, 1.165) is 24.3 Å². The Morgan fingerprint density at radius 3 is 0.958 bits per heavy atom. The first-order chi connectivity index (χ1) is 10.1. The van der Waals surface area contributed by atoms with Gasteiger partial charge in [-0.3, -0.25) is 9.59 Å². The molecule has 0 rings (SSSR count). The van der Waals surface area contributed by atoms with Crippen molar-refractivity contribution >= 4 is 89.0 Å². The third-order valence-corrected chi connectivity index (χ3v) is 1.10. The number of amides is 2. The number of nitrogens with two attached hydrogens (primary N) is 2. The van der Waals surface area contributed by atoms with Gasteiger partial charge in [0.1, 0.15) is 0 Å². The minimum atomic E-state index is -1.40. The summed E-state index contributed by atoms with van der Waals surface area (Å²) in [7, 11) is 0. The second kappa shape index (κ2) is 23.8. The number of rotatable bonds is 4. The molecular weight excluding hydrogens is 342 g/mol. The molecular formula is C13H18N2Na2O7. The summed E-state index contributed by atoms with van der Waals surface area (Å²) >= 11 is 0. The first kappa shape index (κ1) is 34.0. The zero-order valence-electron chi connectivity index (χ0n) is 11.7. The van der Waals surface area contributed by atoms with Gasteiger partial charge in [0.05, 0.1) is 0 Å². The molecule has 124 valence electrons. The molecule has 4 N–H and O–H groups in total. The molecule has 0 spiro atoms. The van der Waals surface area contributed by atoms with Gasteiger partial charge in [0.15, 0.2) is 0 Å². The molecule has 9 nitrogen and oxygen atoms in total. The van der Waals surface area contributed by atoms with Gasteiger partial charge >= 0.3 is 77.2 Å². The van der Waals surface area contributed by atoms with Gasteiger partial charge in [-0.05, 0) is 12.2 Å². The molecule has 0 unspecified atom stereocenters. The molecule has 0 saturated carbocycles. The van der Waals surface area contributed by atoms with E-state index in [9.17, 15) is 24.0 Å². The van der Waals surface area contributed by atoms with Crippen LogP contribution in [0.2, 0.25) is 0 Å². The predicted octanol–water partition coefficient (Wildman–Crippen LogP) is -1.42. The van der Waals surface area contributed by atoms with Crippen LogP contribution in [0.3, 0.4) is 0 Å². The van der Waals surface area contributed by atoms with Crippen molar-refractivity contribution in [3.8, 4) is 0 Å². The van der Waals surface area contributed by atoms with Crippen LogP contribution in [0.15, 0.2) is 50.6 Å². The summed E-state index contributed by atoms with van der Waals surface area (Å²) in [6.45, 7) is 12.2. The summed E-state index contributed by atoms with van der Waals surface area (Å²) < 4.78 is 7.77. The van der Waals surface area contributed by atoms with Crippen molar-refractivity contribution in [2.45, 2.75) is 0 Å². The van der Waals surface area contributed by atoms with Crippen molar-refractivity contribution < 1.29 is 33.4 Å². The zero-order chi connectivity index (χ0) is 18.1. The molecule has 0 heterocycles. The number of hydrogen-bond acceptors (Lipinski definition) is 7. The number of primary amides is 2. The summed E-state index contributed by atoms with van der Waals surface area (Å²) in [6.07, 6.45) is 2.24. The molecule has 0 atom stereocenters. The van der Waals surface area contributed by atoms with Crippen molar-refractivity contribution in [1.29, 1.82) is 0 Å². The SMILES string of the molecule is C=CC(=O)OC(=O)OC(=O)C=C.C=CC(N)=O.C=CC(N)=O.[NaH].[NaH]. The van der Waals surface area contributed by atoms with Crippen molar-refractivity contribution in [2.24, 2.45) is 11.5 Å². The second-order valence-corrected chi connectivity index (χ2v) is 2.71. The van der Waals surface area contributed by atoms with Gasteiger partial charge in [-0.2, -0.15) is 0 Å². The van der Waals surface area contributed by atoms with Crippen LogP contribution in [0.25, 0.3) is 0 Å². The third kappa shape index (κ3) is 37.1. The second-order valence-electron chi connectivity index (χ2n) is 2.71. The Hall–Kier alpha value is -1.49. The van der Waals surface area contributed by atoms with Gasteiger partial charge < -0.3 is 20.9 Å².